The van der Waals surface area contributed by atoms with E-state index in [1.54, 1.807) is 42.5 Å². The molecule has 0 amide bonds. The first-order valence-electron chi connectivity index (χ1n) is 9.31. The van der Waals surface area contributed by atoms with Crippen LogP contribution in [0, 0.1) is 0 Å². The van der Waals surface area contributed by atoms with Crippen molar-refractivity contribution in [2.24, 2.45) is 0 Å². The van der Waals surface area contributed by atoms with Gasteiger partial charge in [0.05, 0.1) is 12.2 Å². The Kier molecular flexibility index (Phi) is 4.96. The highest BCUT2D eigenvalue weighted by molar-refractivity contribution is 6.30. The number of carbonyl (C=O) groups excluding carboxylic acids is 3. The number of esters is 1. The lowest BCUT2D eigenvalue weighted by Gasteiger charge is -2.19. The van der Waals surface area contributed by atoms with E-state index >= 15 is 0 Å². The minimum Gasteiger partial charge on any atom is -0.493 e. The van der Waals surface area contributed by atoms with Gasteiger partial charge in [0.2, 0.25) is 0 Å². The summed E-state index contributed by atoms with van der Waals surface area (Å²) in [4.78, 5) is 38.6. The standard InChI is InChI=1S/C24H18O5/c1-2-28-20-13-6-3-8-15(20)14-29-24(27)19-12-7-11-18-21(19)23(26)17-10-5-4-9-16(17)22(18)25/h3-13H,2,14H2,1H3. The van der Waals surface area contributed by atoms with Gasteiger partial charge in [-0.05, 0) is 19.1 Å². The Bertz CT molecular complexity index is 1130. The molecule has 144 valence electrons. The molecule has 0 aliphatic heterocycles. The second-order valence-corrected chi connectivity index (χ2v) is 6.55. The molecule has 0 atom stereocenters. The van der Waals surface area contributed by atoms with Crippen LogP contribution in [0.1, 0.15) is 54.7 Å². The van der Waals surface area contributed by atoms with Crippen molar-refractivity contribution >= 4 is 17.5 Å². The third-order valence-electron chi connectivity index (χ3n) is 4.80. The summed E-state index contributed by atoms with van der Waals surface area (Å²) in [7, 11) is 0. The first kappa shape index (κ1) is 18.6. The number of hydrogen-bond donors (Lipinski definition) is 0. The Labute approximate surface area is 167 Å². The molecule has 0 heterocycles. The van der Waals surface area contributed by atoms with Gasteiger partial charge in [0.1, 0.15) is 12.4 Å². The Morgan fingerprint density at radius 3 is 2.21 bits per heavy atom. The van der Waals surface area contributed by atoms with E-state index in [-0.39, 0.29) is 34.9 Å². The molecule has 0 spiro atoms. The average molecular weight is 386 g/mol. The number of hydrogen-bond acceptors (Lipinski definition) is 5. The van der Waals surface area contributed by atoms with Gasteiger partial charge in [-0.15, -0.1) is 0 Å². The molecule has 0 fully saturated rings. The normalized spacial score (nSPS) is 12.2. The van der Waals surface area contributed by atoms with Crippen molar-refractivity contribution in [1.29, 1.82) is 0 Å². The number of ketones is 2. The summed E-state index contributed by atoms with van der Waals surface area (Å²) in [5.41, 5.74) is 1.77. The highest BCUT2D eigenvalue weighted by atomic mass is 16.5. The molecule has 29 heavy (non-hydrogen) atoms. The van der Waals surface area contributed by atoms with Crippen LogP contribution < -0.4 is 4.74 Å². The Morgan fingerprint density at radius 2 is 1.45 bits per heavy atom. The van der Waals surface area contributed by atoms with E-state index in [0.717, 1.165) is 5.56 Å². The SMILES string of the molecule is CCOc1ccccc1COC(=O)c1cccc2c1C(=O)c1ccccc1C2=O. The summed E-state index contributed by atoms with van der Waals surface area (Å²) in [5, 5.41) is 0. The summed E-state index contributed by atoms with van der Waals surface area (Å²) in [5.74, 6) is -0.643. The van der Waals surface area contributed by atoms with Gasteiger partial charge in [-0.1, -0.05) is 54.6 Å². The van der Waals surface area contributed by atoms with Gasteiger partial charge in [0.15, 0.2) is 11.6 Å². The van der Waals surface area contributed by atoms with E-state index < -0.39 is 5.97 Å². The predicted molar refractivity (Wildman–Crippen MR) is 106 cm³/mol. The highest BCUT2D eigenvalue weighted by Gasteiger charge is 2.33. The van der Waals surface area contributed by atoms with Crippen molar-refractivity contribution < 1.29 is 23.9 Å². The Hall–Kier alpha value is -3.73. The molecule has 4 rings (SSSR count). The van der Waals surface area contributed by atoms with Crippen molar-refractivity contribution in [1.82, 2.24) is 0 Å². The van der Waals surface area contributed by atoms with Crippen LogP contribution in [0.5, 0.6) is 5.75 Å². The molecule has 5 nitrogen and oxygen atoms in total. The second kappa shape index (κ2) is 7.72. The van der Waals surface area contributed by atoms with Crippen LogP contribution >= 0.6 is 0 Å². The lowest BCUT2D eigenvalue weighted by molar-refractivity contribution is 0.0467. The molecule has 0 radical (unpaired) electrons. The van der Waals surface area contributed by atoms with Crippen LogP contribution in [0.25, 0.3) is 0 Å². The van der Waals surface area contributed by atoms with Crippen LogP contribution in [0.15, 0.2) is 66.7 Å². The first-order valence-corrected chi connectivity index (χ1v) is 9.31. The van der Waals surface area contributed by atoms with Gasteiger partial charge in [0.25, 0.3) is 0 Å². The number of rotatable bonds is 5. The zero-order valence-corrected chi connectivity index (χ0v) is 15.8. The fourth-order valence-electron chi connectivity index (χ4n) is 3.46. The second-order valence-electron chi connectivity index (χ2n) is 6.55. The monoisotopic (exact) mass is 386 g/mol. The molecule has 0 bridgehead atoms. The zero-order chi connectivity index (χ0) is 20.4. The molecule has 1 aliphatic carbocycles. The highest BCUT2D eigenvalue weighted by Crippen LogP contribution is 2.30. The van der Waals surface area contributed by atoms with Crippen molar-refractivity contribution in [2.45, 2.75) is 13.5 Å². The van der Waals surface area contributed by atoms with Gasteiger partial charge in [0, 0.05) is 27.8 Å². The van der Waals surface area contributed by atoms with E-state index in [9.17, 15) is 14.4 Å². The third-order valence-corrected chi connectivity index (χ3v) is 4.80. The van der Waals surface area contributed by atoms with Crippen molar-refractivity contribution in [3.63, 3.8) is 0 Å². The maximum atomic E-state index is 13.0. The molecule has 0 unspecified atom stereocenters. The molecule has 0 aromatic heterocycles. The van der Waals surface area contributed by atoms with E-state index in [2.05, 4.69) is 0 Å². The third kappa shape index (κ3) is 3.31. The number of para-hydroxylation sites is 1. The summed E-state index contributed by atoms with van der Waals surface area (Å²) in [6.45, 7) is 2.37. The van der Waals surface area contributed by atoms with Crippen molar-refractivity contribution in [3.8, 4) is 5.75 Å². The topological polar surface area (TPSA) is 69.7 Å². The molecule has 5 heteroatoms. The molecule has 0 saturated heterocycles. The Morgan fingerprint density at radius 1 is 0.793 bits per heavy atom. The largest absolute Gasteiger partial charge is 0.493 e. The smallest absolute Gasteiger partial charge is 0.339 e. The molecule has 0 saturated carbocycles. The molecule has 0 N–H and O–H groups in total. The number of ether oxygens (including phenoxy) is 2. The van der Waals surface area contributed by atoms with Crippen LogP contribution in [0.2, 0.25) is 0 Å². The van der Waals surface area contributed by atoms with E-state index in [1.807, 2.05) is 25.1 Å². The fourth-order valence-corrected chi connectivity index (χ4v) is 3.46. The van der Waals surface area contributed by atoms with Crippen LogP contribution in [0.4, 0.5) is 0 Å². The van der Waals surface area contributed by atoms with Gasteiger partial charge in [-0.3, -0.25) is 9.59 Å². The summed E-state index contributed by atoms with van der Waals surface area (Å²) in [6.07, 6.45) is 0. The zero-order valence-electron chi connectivity index (χ0n) is 15.8. The summed E-state index contributed by atoms with van der Waals surface area (Å²) >= 11 is 0. The maximum absolute atomic E-state index is 13.0. The molecule has 3 aromatic carbocycles. The quantitative estimate of drug-likeness (QED) is 0.481. The van der Waals surface area contributed by atoms with Crippen LogP contribution in [-0.4, -0.2) is 24.1 Å². The van der Waals surface area contributed by atoms with E-state index in [0.29, 0.717) is 23.5 Å². The van der Waals surface area contributed by atoms with Gasteiger partial charge >= 0.3 is 5.97 Å². The summed E-state index contributed by atoms with van der Waals surface area (Å²) < 4.78 is 11.0. The lowest BCUT2D eigenvalue weighted by atomic mass is 9.82. The predicted octanol–water partition coefficient (Wildman–Crippen LogP) is 4.22. The molecular weight excluding hydrogens is 368 g/mol. The van der Waals surface area contributed by atoms with E-state index in [1.165, 1.54) is 6.07 Å². The molecule has 3 aromatic rings. The average Bonchev–Trinajstić information content (AvgIpc) is 2.76. The first-order chi connectivity index (χ1) is 14.1. The van der Waals surface area contributed by atoms with Crippen LogP contribution in [0.3, 0.4) is 0 Å². The van der Waals surface area contributed by atoms with Crippen LogP contribution in [-0.2, 0) is 11.3 Å². The fraction of sp³-hybridized carbons (Fsp3) is 0.125. The number of benzene rings is 3. The minimum atomic E-state index is -0.659. The maximum Gasteiger partial charge on any atom is 0.339 e. The number of carbonyl (C=O) groups is 3. The van der Waals surface area contributed by atoms with E-state index in [4.69, 9.17) is 9.47 Å². The van der Waals surface area contributed by atoms with Crippen molar-refractivity contribution in [3.05, 3.63) is 100 Å². The molecular formula is C24H18O5. The Balaban J connectivity index is 1.65. The summed E-state index contributed by atoms with van der Waals surface area (Å²) in [6, 6.07) is 18.6. The molecule has 1 aliphatic rings. The lowest BCUT2D eigenvalue weighted by Crippen LogP contribution is -2.24. The van der Waals surface area contributed by atoms with Gasteiger partial charge in [-0.2, -0.15) is 0 Å². The number of fused-ring (bicyclic) bond motifs is 2. The minimum absolute atomic E-state index is 0.00258. The van der Waals surface area contributed by atoms with Gasteiger partial charge in [-0.25, -0.2) is 4.79 Å². The van der Waals surface area contributed by atoms with Gasteiger partial charge < -0.3 is 9.47 Å². The van der Waals surface area contributed by atoms with Crippen molar-refractivity contribution in [2.75, 3.05) is 6.61 Å².